The molecular weight excluding hydrogens is 404 g/mol. The largest absolute Gasteiger partial charge is 0.570 e. The molecule has 0 saturated carbocycles. The fraction of sp³-hybridized carbons (Fsp3) is 1.00. The predicted octanol–water partition coefficient (Wildman–Crippen LogP) is -1.92. The number of aliphatic hydroxyl groups is 2. The van der Waals surface area contributed by atoms with Crippen molar-refractivity contribution in [1.82, 2.24) is 0 Å². The van der Waals surface area contributed by atoms with Crippen molar-refractivity contribution in [2.24, 2.45) is 0 Å². The molecule has 8 atom stereocenters. The van der Waals surface area contributed by atoms with Gasteiger partial charge in [-0.1, -0.05) is 13.8 Å². The maximum atomic E-state index is 10.6. The fourth-order valence-electron chi connectivity index (χ4n) is 3.49. The molecule has 2 aliphatic rings. The third-order valence-electron chi connectivity index (χ3n) is 4.90. The standard InChI is InChI=1S/C15H28B3O10P/c1-15(2,16)13-9(19)12(7(26-13)5-23-3)28-29(21,22)25-6-8-11(24-4)10(20)14(18-17)27-8/h7-14,19-22H,5-6H2,1-4H3/q+1/t7-,8-,9?,10?,11+,12+,13-,14-/m1/s1. The normalized spacial score (nSPS) is 38.5. The third kappa shape index (κ3) is 6.14. The molecule has 0 bridgehead atoms. The number of ether oxygens (including phenoxy) is 4. The second-order valence-corrected chi connectivity index (χ2v) is 9.19. The van der Waals surface area contributed by atoms with Gasteiger partial charge in [0, 0.05) is 28.0 Å². The van der Waals surface area contributed by atoms with Crippen LogP contribution in [0, 0.1) is 0 Å². The van der Waals surface area contributed by atoms with Crippen LogP contribution in [0.4, 0.5) is 0 Å². The minimum Gasteiger partial charge on any atom is -0.388 e. The van der Waals surface area contributed by atoms with E-state index in [0.717, 1.165) is 0 Å². The summed E-state index contributed by atoms with van der Waals surface area (Å²) < 4.78 is 31.9. The first-order valence-electron chi connectivity index (χ1n) is 9.15. The molecule has 0 aromatic carbocycles. The minimum absolute atomic E-state index is 0.0337. The van der Waals surface area contributed by atoms with Gasteiger partial charge in [-0.25, -0.2) is 0 Å². The van der Waals surface area contributed by atoms with E-state index in [-0.39, 0.29) is 13.2 Å². The lowest BCUT2D eigenvalue weighted by atomic mass is 9.50. The molecule has 0 aromatic heterocycles. The van der Waals surface area contributed by atoms with E-state index in [4.69, 9.17) is 43.6 Å². The van der Waals surface area contributed by atoms with Gasteiger partial charge in [-0.05, 0) is 5.31 Å². The van der Waals surface area contributed by atoms with Gasteiger partial charge in [0.15, 0.2) is 6.10 Å². The zero-order valence-electron chi connectivity index (χ0n) is 17.0. The zero-order chi connectivity index (χ0) is 22.0. The Morgan fingerprint density at radius 2 is 1.66 bits per heavy atom. The number of hydrogen-bond donors (Lipinski definition) is 4. The third-order valence-corrected chi connectivity index (χ3v) is 5.90. The van der Waals surface area contributed by atoms with Crippen LogP contribution in [0.5, 0.6) is 0 Å². The van der Waals surface area contributed by atoms with Crippen LogP contribution in [0.3, 0.4) is 0 Å². The summed E-state index contributed by atoms with van der Waals surface area (Å²) in [6, 6.07) is -0.789. The first-order chi connectivity index (χ1) is 13.4. The Morgan fingerprint density at radius 1 is 1.03 bits per heavy atom. The summed E-state index contributed by atoms with van der Waals surface area (Å²) in [5, 5.41) is 19.7. The fourth-order valence-corrected chi connectivity index (χ4v) is 4.47. The Kier molecular flexibility index (Phi) is 8.99. The summed E-state index contributed by atoms with van der Waals surface area (Å²) in [4.78, 5) is 20.5. The van der Waals surface area contributed by atoms with Crippen LogP contribution in [0.15, 0.2) is 0 Å². The first kappa shape index (κ1) is 25.5. The van der Waals surface area contributed by atoms with Gasteiger partial charge >= 0.3 is 8.17 Å². The van der Waals surface area contributed by atoms with Crippen molar-refractivity contribution >= 4 is 30.9 Å². The van der Waals surface area contributed by atoms with Crippen molar-refractivity contribution in [2.75, 3.05) is 27.4 Å². The second kappa shape index (κ2) is 10.2. The lowest BCUT2D eigenvalue weighted by Gasteiger charge is -2.29. The van der Waals surface area contributed by atoms with Crippen LogP contribution in [0.25, 0.3) is 0 Å². The highest BCUT2D eigenvalue weighted by Crippen LogP contribution is 2.56. The summed E-state index contributed by atoms with van der Waals surface area (Å²) in [5.74, 6) is 0. The highest BCUT2D eigenvalue weighted by atomic mass is 31.2. The smallest absolute Gasteiger partial charge is 0.388 e. The first-order valence-corrected chi connectivity index (χ1v) is 10.7. The topological polar surface area (TPSA) is 136 Å². The average Bonchev–Trinajstić information content (AvgIpc) is 3.10. The monoisotopic (exact) mass is 432 g/mol. The van der Waals surface area contributed by atoms with Crippen LogP contribution in [-0.4, -0.2) is 119 Å². The Morgan fingerprint density at radius 3 is 2.17 bits per heavy atom. The van der Waals surface area contributed by atoms with Gasteiger partial charge in [0.1, 0.15) is 37.1 Å². The molecular formula is C15H28B3O10P+. The van der Waals surface area contributed by atoms with Crippen LogP contribution in [0.2, 0.25) is 5.31 Å². The summed E-state index contributed by atoms with van der Waals surface area (Å²) in [6.07, 6.45) is -6.65. The van der Waals surface area contributed by atoms with E-state index < -0.39 is 62.2 Å². The maximum Gasteiger partial charge on any atom is 0.570 e. The van der Waals surface area contributed by atoms with Crippen molar-refractivity contribution in [1.29, 1.82) is 0 Å². The Labute approximate surface area is 174 Å². The van der Waals surface area contributed by atoms with Crippen LogP contribution in [-0.2, 0) is 28.0 Å². The van der Waals surface area contributed by atoms with Crippen LogP contribution < -0.4 is 0 Å². The zero-order valence-corrected chi connectivity index (χ0v) is 17.8. The van der Waals surface area contributed by atoms with E-state index in [9.17, 15) is 20.0 Å². The molecule has 2 rings (SSSR count). The molecule has 5 radical (unpaired) electrons. The molecule has 0 spiro atoms. The predicted molar refractivity (Wildman–Crippen MR) is 105 cm³/mol. The lowest BCUT2D eigenvalue weighted by molar-refractivity contribution is -0.0557. The van der Waals surface area contributed by atoms with E-state index in [1.807, 2.05) is 0 Å². The molecule has 2 unspecified atom stereocenters. The van der Waals surface area contributed by atoms with Crippen molar-refractivity contribution in [3.05, 3.63) is 0 Å². The van der Waals surface area contributed by atoms with Gasteiger partial charge in [-0.2, -0.15) is 14.3 Å². The lowest BCUT2D eigenvalue weighted by Crippen LogP contribution is -2.40. The molecule has 2 fully saturated rings. The summed E-state index contributed by atoms with van der Waals surface area (Å²) in [5.41, 5.74) is 0. The molecule has 10 nitrogen and oxygen atoms in total. The number of rotatable bonds is 10. The molecule has 161 valence electrons. The van der Waals surface area contributed by atoms with Crippen molar-refractivity contribution < 1.29 is 48.0 Å². The van der Waals surface area contributed by atoms with Gasteiger partial charge < -0.3 is 29.2 Å². The number of aliphatic hydroxyl groups excluding tert-OH is 2. The average molecular weight is 432 g/mol. The van der Waals surface area contributed by atoms with Gasteiger partial charge in [0.05, 0.1) is 27.7 Å². The van der Waals surface area contributed by atoms with E-state index in [0.29, 0.717) is 0 Å². The molecule has 2 heterocycles. The molecule has 2 aliphatic heterocycles. The van der Waals surface area contributed by atoms with Crippen LogP contribution >= 0.6 is 8.17 Å². The quantitative estimate of drug-likeness (QED) is 0.229. The minimum atomic E-state index is -4.40. The van der Waals surface area contributed by atoms with E-state index in [1.54, 1.807) is 13.8 Å². The maximum absolute atomic E-state index is 10.6. The van der Waals surface area contributed by atoms with Crippen molar-refractivity contribution in [3.63, 3.8) is 0 Å². The van der Waals surface area contributed by atoms with Gasteiger partial charge in [0.25, 0.3) is 0 Å². The molecule has 4 N–H and O–H groups in total. The highest BCUT2D eigenvalue weighted by molar-refractivity contribution is 7.54. The van der Waals surface area contributed by atoms with E-state index in [2.05, 4.69) is 0 Å². The molecule has 14 heteroatoms. The summed E-state index contributed by atoms with van der Waals surface area (Å²) in [6.45, 7) is 3.02. The molecule has 0 amide bonds. The number of methoxy groups -OCH3 is 2. The van der Waals surface area contributed by atoms with E-state index in [1.165, 1.54) is 21.4 Å². The van der Waals surface area contributed by atoms with Gasteiger partial charge in [-0.15, -0.1) is 4.52 Å². The molecule has 2 saturated heterocycles. The number of hydrogen-bond acceptors (Lipinski definition) is 10. The second-order valence-electron chi connectivity index (χ2n) is 7.74. The van der Waals surface area contributed by atoms with Gasteiger partial charge in [-0.3, -0.25) is 0 Å². The van der Waals surface area contributed by atoms with Crippen molar-refractivity contribution in [2.45, 2.75) is 67.9 Å². The summed E-state index contributed by atoms with van der Waals surface area (Å²) in [7, 11) is 11.0. The Hall–Kier alpha value is 0.225. The summed E-state index contributed by atoms with van der Waals surface area (Å²) >= 11 is 0. The molecule has 0 aliphatic carbocycles. The highest BCUT2D eigenvalue weighted by Gasteiger charge is 2.56. The SMILES string of the molecule is [B][B][C@@H]1O[C@H](CO[P+](O)(O)O[C@@H]2C(O)[C@H](C([B])(C)C)O[C@@H]2COC)[C@H](OC)C1O. The van der Waals surface area contributed by atoms with Gasteiger partial charge in [0.2, 0.25) is 0 Å². The molecule has 0 aromatic rings. The molecule has 29 heavy (non-hydrogen) atoms. The Bertz CT molecular complexity index is 525. The van der Waals surface area contributed by atoms with E-state index >= 15 is 0 Å². The van der Waals surface area contributed by atoms with Crippen molar-refractivity contribution in [3.8, 4) is 0 Å². The van der Waals surface area contributed by atoms with Crippen LogP contribution in [0.1, 0.15) is 13.8 Å². The Balaban J connectivity index is 2.01.